The Bertz CT molecular complexity index is 303. The van der Waals surface area contributed by atoms with Crippen molar-refractivity contribution in [2.45, 2.75) is 13.0 Å². The van der Waals surface area contributed by atoms with Crippen LogP contribution in [-0.2, 0) is 4.84 Å². The van der Waals surface area contributed by atoms with E-state index in [0.29, 0.717) is 13.2 Å². The van der Waals surface area contributed by atoms with Crippen molar-refractivity contribution in [1.29, 1.82) is 0 Å². The van der Waals surface area contributed by atoms with E-state index in [1.807, 2.05) is 25.1 Å². The van der Waals surface area contributed by atoms with E-state index in [-0.39, 0.29) is 0 Å². The molecule has 1 atom stereocenters. The maximum absolute atomic E-state index is 9.24. The molecule has 0 aromatic carbocycles. The maximum atomic E-state index is 9.24. The molecule has 0 aliphatic carbocycles. The van der Waals surface area contributed by atoms with Gasteiger partial charge in [0.2, 0.25) is 0 Å². The van der Waals surface area contributed by atoms with Crippen LogP contribution in [0, 0.1) is 6.92 Å². The lowest BCUT2D eigenvalue weighted by Crippen LogP contribution is -2.21. The number of nitrogens with zero attached hydrogens (tertiary/aromatic N) is 2. The van der Waals surface area contributed by atoms with Crippen molar-refractivity contribution in [2.24, 2.45) is 0 Å². The van der Waals surface area contributed by atoms with Gasteiger partial charge in [-0.05, 0) is 19.1 Å². The summed E-state index contributed by atoms with van der Waals surface area (Å²) in [6.45, 7) is 2.78. The average Bonchev–Trinajstić information content (AvgIpc) is 2.52. The first-order chi connectivity index (χ1) is 6.25. The Kier molecular flexibility index (Phi) is 2.16. The number of hydrogen-bond donors (Lipinski definition) is 1. The van der Waals surface area contributed by atoms with E-state index >= 15 is 0 Å². The molecule has 2 heterocycles. The van der Waals surface area contributed by atoms with Gasteiger partial charge in [0.1, 0.15) is 6.61 Å². The van der Waals surface area contributed by atoms with Crippen LogP contribution in [0.15, 0.2) is 18.2 Å². The molecule has 1 aromatic rings. The number of aliphatic hydroxyl groups excluding tert-OH is 1. The molecule has 0 saturated carbocycles. The smallest absolute Gasteiger partial charge is 0.152 e. The van der Waals surface area contributed by atoms with Crippen molar-refractivity contribution < 1.29 is 9.94 Å². The fourth-order valence-electron chi connectivity index (χ4n) is 1.30. The number of anilines is 1. The summed E-state index contributed by atoms with van der Waals surface area (Å²) < 4.78 is 0. The number of pyridine rings is 1. The quantitative estimate of drug-likeness (QED) is 0.683. The Morgan fingerprint density at radius 1 is 1.62 bits per heavy atom. The highest BCUT2D eigenvalue weighted by molar-refractivity contribution is 5.36. The van der Waals surface area contributed by atoms with E-state index in [1.165, 1.54) is 0 Å². The highest BCUT2D eigenvalue weighted by atomic mass is 16.7. The van der Waals surface area contributed by atoms with Crippen molar-refractivity contribution in [3.63, 3.8) is 0 Å². The first kappa shape index (κ1) is 8.47. The molecule has 70 valence electrons. The van der Waals surface area contributed by atoms with Gasteiger partial charge in [-0.25, -0.2) is 10.0 Å². The Labute approximate surface area is 76.7 Å². The number of aromatic nitrogens is 1. The number of aliphatic hydroxyl groups is 1. The Morgan fingerprint density at radius 3 is 3.08 bits per heavy atom. The third-order valence-corrected chi connectivity index (χ3v) is 1.93. The van der Waals surface area contributed by atoms with Crippen LogP contribution in [0.1, 0.15) is 5.69 Å². The van der Waals surface area contributed by atoms with Gasteiger partial charge in [0, 0.05) is 5.69 Å². The van der Waals surface area contributed by atoms with Crippen molar-refractivity contribution in [3.05, 3.63) is 23.9 Å². The van der Waals surface area contributed by atoms with Crippen LogP contribution < -0.4 is 5.06 Å². The summed E-state index contributed by atoms with van der Waals surface area (Å²) in [6, 6.07) is 5.72. The molecule has 1 fully saturated rings. The minimum absolute atomic E-state index is 0.357. The fraction of sp³-hybridized carbons (Fsp3) is 0.444. The lowest BCUT2D eigenvalue weighted by molar-refractivity contribution is 0.115. The molecular formula is C9H12N2O2. The van der Waals surface area contributed by atoms with E-state index in [4.69, 9.17) is 4.84 Å². The van der Waals surface area contributed by atoms with Crippen molar-refractivity contribution in [1.82, 2.24) is 4.98 Å². The monoisotopic (exact) mass is 180 g/mol. The van der Waals surface area contributed by atoms with Crippen LogP contribution in [-0.4, -0.2) is 29.3 Å². The van der Waals surface area contributed by atoms with Crippen LogP contribution in [0.25, 0.3) is 0 Å². The zero-order chi connectivity index (χ0) is 9.26. The van der Waals surface area contributed by atoms with Crippen LogP contribution >= 0.6 is 0 Å². The van der Waals surface area contributed by atoms with Crippen LogP contribution in [0.3, 0.4) is 0 Å². The molecule has 2 rings (SSSR count). The highest BCUT2D eigenvalue weighted by Crippen LogP contribution is 2.16. The molecule has 1 saturated heterocycles. The predicted molar refractivity (Wildman–Crippen MR) is 48.3 cm³/mol. The minimum Gasteiger partial charge on any atom is -0.389 e. The zero-order valence-electron chi connectivity index (χ0n) is 7.47. The summed E-state index contributed by atoms with van der Waals surface area (Å²) in [7, 11) is 0. The normalized spacial score (nSPS) is 22.3. The van der Waals surface area contributed by atoms with E-state index in [9.17, 15) is 5.11 Å². The third-order valence-electron chi connectivity index (χ3n) is 1.93. The second-order valence-corrected chi connectivity index (χ2v) is 3.15. The van der Waals surface area contributed by atoms with E-state index in [2.05, 4.69) is 4.98 Å². The second kappa shape index (κ2) is 3.32. The molecule has 4 nitrogen and oxygen atoms in total. The first-order valence-corrected chi connectivity index (χ1v) is 4.28. The van der Waals surface area contributed by atoms with Crippen LogP contribution in [0.2, 0.25) is 0 Å². The van der Waals surface area contributed by atoms with Gasteiger partial charge < -0.3 is 5.11 Å². The molecule has 1 aromatic heterocycles. The molecule has 0 amide bonds. The Hall–Kier alpha value is -1.13. The van der Waals surface area contributed by atoms with Crippen molar-refractivity contribution in [3.8, 4) is 0 Å². The molecule has 4 heteroatoms. The molecule has 0 radical (unpaired) electrons. The van der Waals surface area contributed by atoms with Gasteiger partial charge in [-0.3, -0.25) is 4.84 Å². The highest BCUT2D eigenvalue weighted by Gasteiger charge is 2.22. The summed E-state index contributed by atoms with van der Waals surface area (Å²) in [5.41, 5.74) is 0.947. The number of rotatable bonds is 1. The predicted octanol–water partition coefficient (Wildman–Crippen LogP) is 0.503. The lowest BCUT2D eigenvalue weighted by Gasteiger charge is -2.14. The van der Waals surface area contributed by atoms with Crippen molar-refractivity contribution in [2.75, 3.05) is 18.2 Å². The largest absolute Gasteiger partial charge is 0.389 e. The number of β-amino-alcohol motifs (C(OH)–C–C–N with tert-alkyl or cyclic N) is 1. The lowest BCUT2D eigenvalue weighted by atomic mass is 10.3. The van der Waals surface area contributed by atoms with Crippen LogP contribution in [0.4, 0.5) is 5.82 Å². The summed E-state index contributed by atoms with van der Waals surface area (Å²) in [6.07, 6.45) is -0.401. The van der Waals surface area contributed by atoms with Crippen molar-refractivity contribution >= 4 is 5.82 Å². The minimum atomic E-state index is -0.401. The summed E-state index contributed by atoms with van der Waals surface area (Å²) in [4.78, 5) is 9.51. The first-order valence-electron chi connectivity index (χ1n) is 4.28. The number of hydroxylamine groups is 1. The molecule has 13 heavy (non-hydrogen) atoms. The van der Waals surface area contributed by atoms with E-state index < -0.39 is 6.10 Å². The van der Waals surface area contributed by atoms with Gasteiger partial charge in [-0.2, -0.15) is 0 Å². The molecule has 0 bridgehead atoms. The number of hydrogen-bond acceptors (Lipinski definition) is 4. The van der Waals surface area contributed by atoms with Gasteiger partial charge in [0.05, 0.1) is 12.6 Å². The maximum Gasteiger partial charge on any atom is 0.152 e. The van der Waals surface area contributed by atoms with Gasteiger partial charge in [0.25, 0.3) is 0 Å². The van der Waals surface area contributed by atoms with E-state index in [0.717, 1.165) is 11.5 Å². The van der Waals surface area contributed by atoms with E-state index in [1.54, 1.807) is 5.06 Å². The SMILES string of the molecule is Cc1cccc(N2CC(O)CO2)n1. The standard InChI is InChI=1S/C9H12N2O2/c1-7-3-2-4-9(10-7)11-5-8(12)6-13-11/h2-4,8,12H,5-6H2,1H3. The molecule has 1 N–H and O–H groups in total. The van der Waals surface area contributed by atoms with Gasteiger partial charge in [-0.1, -0.05) is 6.07 Å². The molecule has 0 spiro atoms. The number of aryl methyl sites for hydroxylation is 1. The molecule has 1 aliphatic heterocycles. The van der Waals surface area contributed by atoms with Crippen LogP contribution in [0.5, 0.6) is 0 Å². The molecular weight excluding hydrogens is 168 g/mol. The summed E-state index contributed by atoms with van der Waals surface area (Å²) in [5.74, 6) is 0.761. The summed E-state index contributed by atoms with van der Waals surface area (Å²) >= 11 is 0. The Balaban J connectivity index is 2.16. The zero-order valence-corrected chi connectivity index (χ0v) is 7.47. The topological polar surface area (TPSA) is 45.6 Å². The Morgan fingerprint density at radius 2 is 2.46 bits per heavy atom. The second-order valence-electron chi connectivity index (χ2n) is 3.15. The van der Waals surface area contributed by atoms with Gasteiger partial charge >= 0.3 is 0 Å². The molecule has 1 unspecified atom stereocenters. The van der Waals surface area contributed by atoms with Gasteiger partial charge in [0.15, 0.2) is 5.82 Å². The third kappa shape index (κ3) is 1.79. The van der Waals surface area contributed by atoms with Gasteiger partial charge in [-0.15, -0.1) is 0 Å². The average molecular weight is 180 g/mol. The fourth-order valence-corrected chi connectivity index (χ4v) is 1.30. The molecule has 1 aliphatic rings. The summed E-state index contributed by atoms with van der Waals surface area (Å²) in [5, 5.41) is 10.9.